The number of rotatable bonds is 7. The van der Waals surface area contributed by atoms with Crippen LogP contribution in [0.4, 0.5) is 0 Å². The van der Waals surface area contributed by atoms with E-state index in [2.05, 4.69) is 63.8 Å². The number of nitrogens with two attached hydrogens (primary N) is 1. The van der Waals surface area contributed by atoms with Gasteiger partial charge in [0.15, 0.2) is 11.6 Å². The molecule has 4 saturated carbocycles. The Hall–Kier alpha value is -5.82. The highest BCUT2D eigenvalue weighted by Gasteiger charge is 2.60. The maximum Gasteiger partial charge on any atom is 0.354 e. The molecule has 8 N–H and O–H groups in total. The summed E-state index contributed by atoms with van der Waals surface area (Å²) >= 11 is 0. The summed E-state index contributed by atoms with van der Waals surface area (Å²) in [6.45, 7) is 17.7. The number of ketones is 2. The lowest BCUT2D eigenvalue weighted by Gasteiger charge is -2.60. The molecule has 0 bridgehead atoms. The van der Waals surface area contributed by atoms with E-state index < -0.39 is 5.97 Å². The van der Waals surface area contributed by atoms with Gasteiger partial charge in [-0.05, 0) is 132 Å². The first kappa shape index (κ1) is 53.1. The number of nitrogens with one attached hydrogen (secondary N) is 1. The molecule has 0 unspecified atom stereocenters. The van der Waals surface area contributed by atoms with Crippen molar-refractivity contribution in [3.8, 4) is 23.0 Å². The van der Waals surface area contributed by atoms with E-state index in [4.69, 9.17) is 10.8 Å². The van der Waals surface area contributed by atoms with E-state index in [1.165, 1.54) is 55.1 Å². The molecular weight excluding hydrogens is 861 g/mol. The molecular formula is C55H74N4O9. The van der Waals surface area contributed by atoms with E-state index in [1.54, 1.807) is 36.5 Å². The summed E-state index contributed by atoms with van der Waals surface area (Å²) < 4.78 is 0. The Morgan fingerprint density at radius 1 is 0.603 bits per heavy atom. The third-order valence-electron chi connectivity index (χ3n) is 16.4. The minimum atomic E-state index is -0.990. The lowest BCUT2D eigenvalue weighted by Crippen LogP contribution is -2.60. The number of aromatic nitrogens is 2. The van der Waals surface area contributed by atoms with Gasteiger partial charge in [0.1, 0.15) is 34.4 Å². The average Bonchev–Trinajstić information content (AvgIpc) is 3.25. The number of hydrogen-bond acceptors (Lipinski definition) is 11. The smallest absolute Gasteiger partial charge is 0.354 e. The minimum absolute atomic E-state index is 0. The topological polar surface area (TPSA) is 233 Å². The Labute approximate surface area is 402 Å². The molecule has 68 heavy (non-hydrogen) atoms. The van der Waals surface area contributed by atoms with Gasteiger partial charge < -0.3 is 36.6 Å². The molecule has 2 aromatic heterocycles. The number of aromatic hydroxyl groups is 4. The summed E-state index contributed by atoms with van der Waals surface area (Å²) in [5, 5.41) is 51.1. The first-order valence-electron chi connectivity index (χ1n) is 23.7. The third kappa shape index (κ3) is 11.0. The van der Waals surface area contributed by atoms with Gasteiger partial charge in [0, 0.05) is 59.6 Å². The lowest BCUT2D eigenvalue weighted by atomic mass is 9.45. The van der Waals surface area contributed by atoms with Gasteiger partial charge in [0.05, 0.1) is 0 Å². The van der Waals surface area contributed by atoms with Crippen LogP contribution in [0.1, 0.15) is 156 Å². The normalized spacial score (nSPS) is 29.8. The van der Waals surface area contributed by atoms with E-state index in [0.29, 0.717) is 22.7 Å². The first-order valence-corrected chi connectivity index (χ1v) is 23.7. The number of phenols is 4. The largest absolute Gasteiger partial charge is 0.508 e. The van der Waals surface area contributed by atoms with Crippen molar-refractivity contribution in [2.75, 3.05) is 0 Å². The Bertz CT molecular complexity index is 2390. The van der Waals surface area contributed by atoms with E-state index in [-0.39, 0.29) is 117 Å². The fraction of sp³-hybridized carbons (Fsp3) is 0.527. The number of benzene rings is 2. The maximum atomic E-state index is 13.9. The Morgan fingerprint density at radius 3 is 1.41 bits per heavy atom. The monoisotopic (exact) mass is 935 g/mol. The van der Waals surface area contributed by atoms with E-state index in [1.807, 2.05) is 6.92 Å². The van der Waals surface area contributed by atoms with Crippen molar-refractivity contribution in [1.82, 2.24) is 15.3 Å². The SMILES string of the molecule is C.C[C@@H]1[C@H](N)C[C@H]2C(C)(C)CCC[C@]2(C)[C@H]1C(=O)c1cc(O)cc(O)c1.C[C@@H]1[C@H](NC(=O)c2ccccn2)C[C@H]2C(C)(C)CCC[C@]2(C)[C@H]1C(=O)c1cc(O)cc(O)c1.O=C(O)c1ccccn1. The molecule has 13 heteroatoms. The van der Waals surface area contributed by atoms with Crippen molar-refractivity contribution in [2.24, 2.45) is 62.9 Å². The quantitative estimate of drug-likeness (QED) is 0.0858. The van der Waals surface area contributed by atoms with Crippen molar-refractivity contribution < 1.29 is 44.7 Å². The molecule has 2 aromatic carbocycles. The zero-order valence-corrected chi connectivity index (χ0v) is 40.2. The number of carbonyl (C=O) groups is 4. The number of hydrogen-bond donors (Lipinski definition) is 7. The van der Waals surface area contributed by atoms with Crippen LogP contribution in [0.2, 0.25) is 0 Å². The molecule has 0 radical (unpaired) electrons. The first-order chi connectivity index (χ1) is 31.4. The molecule has 2 heterocycles. The van der Waals surface area contributed by atoms with E-state index in [0.717, 1.165) is 44.9 Å². The molecule has 8 rings (SSSR count). The van der Waals surface area contributed by atoms with E-state index >= 15 is 0 Å². The number of carboxylic acids is 1. The van der Waals surface area contributed by atoms with Gasteiger partial charge in [-0.1, -0.05) is 87.8 Å². The predicted octanol–water partition coefficient (Wildman–Crippen LogP) is 10.5. The summed E-state index contributed by atoms with van der Waals surface area (Å²) in [6.07, 6.45) is 11.2. The zero-order valence-electron chi connectivity index (χ0n) is 40.2. The number of aromatic carboxylic acids is 1. The Balaban J connectivity index is 0.000000217. The number of carboxylic acid groups (broad SMARTS) is 1. The number of nitrogens with zero attached hydrogens (tertiary/aromatic N) is 2. The van der Waals surface area contributed by atoms with Gasteiger partial charge in [-0.25, -0.2) is 9.78 Å². The molecule has 13 nitrogen and oxygen atoms in total. The summed E-state index contributed by atoms with van der Waals surface area (Å²) in [7, 11) is 0. The Morgan fingerprint density at radius 2 is 1.01 bits per heavy atom. The van der Waals surface area contributed by atoms with Crippen LogP contribution in [0, 0.1) is 57.2 Å². The van der Waals surface area contributed by atoms with Crippen LogP contribution < -0.4 is 11.1 Å². The van der Waals surface area contributed by atoms with Crippen LogP contribution in [-0.2, 0) is 0 Å². The number of phenolic OH excluding ortho intramolecular Hbond substituents is 4. The van der Waals surface area contributed by atoms with Gasteiger partial charge in [-0.3, -0.25) is 19.4 Å². The molecule has 0 spiro atoms. The van der Waals surface area contributed by atoms with Crippen molar-refractivity contribution >= 4 is 23.4 Å². The second-order valence-corrected chi connectivity index (χ2v) is 21.6. The molecule has 10 atom stereocenters. The third-order valence-corrected chi connectivity index (χ3v) is 16.4. The van der Waals surface area contributed by atoms with Gasteiger partial charge in [-0.15, -0.1) is 0 Å². The zero-order chi connectivity index (χ0) is 49.2. The van der Waals surface area contributed by atoms with Crippen LogP contribution in [-0.4, -0.2) is 71.0 Å². The van der Waals surface area contributed by atoms with Gasteiger partial charge >= 0.3 is 5.97 Å². The van der Waals surface area contributed by atoms with Gasteiger partial charge in [-0.2, -0.15) is 0 Å². The van der Waals surface area contributed by atoms with Gasteiger partial charge in [0.25, 0.3) is 5.91 Å². The van der Waals surface area contributed by atoms with Crippen molar-refractivity contribution in [3.63, 3.8) is 0 Å². The highest BCUT2D eigenvalue weighted by atomic mass is 16.4. The fourth-order valence-corrected chi connectivity index (χ4v) is 13.2. The highest BCUT2D eigenvalue weighted by Crippen LogP contribution is 2.63. The fourth-order valence-electron chi connectivity index (χ4n) is 13.2. The van der Waals surface area contributed by atoms with Crippen molar-refractivity contribution in [2.45, 2.75) is 126 Å². The standard InChI is InChI=1S/C27H34N2O4.C21H31NO3.C6H5NO2.CH4/c1-16-21(29-25(33)20-8-5-6-11-28-20)15-22-26(2,3)9-7-10-27(22,4)23(16)24(32)17-12-18(30)14-19(31)13-17;1-12-16(22)11-17-20(2,3)6-5-7-21(17,4)18(12)19(25)13-8-14(23)10-15(24)9-13;8-6(9)5-3-1-2-4-7-5;/h5-6,8,11-14,16,21-23,30-31H,7,9-10,15H2,1-4H3,(H,29,33);8-10,12,16-18,23-24H,5-7,11,22H2,1-4H3;1-4H,(H,8,9);1H4/t16-,21-,22+,23-,27+;12-,16-,17+,18-,21+;;/m11../s1. The lowest BCUT2D eigenvalue weighted by molar-refractivity contribution is -0.0902. The summed E-state index contributed by atoms with van der Waals surface area (Å²) in [6, 6.07) is 18.1. The van der Waals surface area contributed by atoms with Gasteiger partial charge in [0.2, 0.25) is 0 Å². The van der Waals surface area contributed by atoms with Crippen molar-refractivity contribution in [3.05, 3.63) is 108 Å². The number of pyridine rings is 2. The van der Waals surface area contributed by atoms with Crippen LogP contribution in [0.25, 0.3) is 0 Å². The average molecular weight is 935 g/mol. The van der Waals surface area contributed by atoms with Crippen LogP contribution in [0.15, 0.2) is 85.2 Å². The number of carbonyl (C=O) groups excluding carboxylic acids is 3. The summed E-state index contributed by atoms with van der Waals surface area (Å²) in [4.78, 5) is 58.3. The van der Waals surface area contributed by atoms with Crippen LogP contribution in [0.5, 0.6) is 23.0 Å². The van der Waals surface area contributed by atoms with Crippen LogP contribution in [0.3, 0.4) is 0 Å². The molecule has 4 aliphatic rings. The number of fused-ring (bicyclic) bond motifs is 2. The molecule has 4 aromatic rings. The summed E-state index contributed by atoms with van der Waals surface area (Å²) in [5.41, 5.74) is 7.47. The molecule has 368 valence electrons. The second-order valence-electron chi connectivity index (χ2n) is 21.6. The molecule has 4 fully saturated rings. The van der Waals surface area contributed by atoms with Crippen LogP contribution >= 0.6 is 0 Å². The highest BCUT2D eigenvalue weighted by molar-refractivity contribution is 6.00. The maximum absolute atomic E-state index is 13.9. The molecule has 0 aliphatic heterocycles. The minimum Gasteiger partial charge on any atom is -0.508 e. The summed E-state index contributed by atoms with van der Waals surface area (Å²) in [5.74, 6) is -1.69. The molecule has 1 amide bonds. The molecule has 0 saturated heterocycles. The Kier molecular flexibility index (Phi) is 16.3. The number of Topliss-reactive ketones (excluding diaryl/α,β-unsaturated/α-hetero) is 2. The van der Waals surface area contributed by atoms with Crippen molar-refractivity contribution in [1.29, 1.82) is 0 Å². The number of amides is 1. The second kappa shape index (κ2) is 20.8. The van der Waals surface area contributed by atoms with E-state index in [9.17, 15) is 39.6 Å². The molecule has 4 aliphatic carbocycles. The predicted molar refractivity (Wildman–Crippen MR) is 263 cm³/mol.